The largest absolute Gasteiger partial charge is 0.469 e. The molecular formula is C21H28N3O2S+. The molecule has 2 aromatic carbocycles. The number of nitrogens with zero attached hydrogens (tertiary/aromatic N) is 1. The summed E-state index contributed by atoms with van der Waals surface area (Å²) in [4.78, 5) is 15.0. The van der Waals surface area contributed by atoms with Crippen LogP contribution in [0.5, 0.6) is 0 Å². The number of carbonyl (C=O) groups is 1. The molecule has 0 spiro atoms. The minimum Gasteiger partial charge on any atom is -0.469 e. The van der Waals surface area contributed by atoms with E-state index >= 15 is 0 Å². The summed E-state index contributed by atoms with van der Waals surface area (Å²) in [5.41, 5.74) is 1.42. The van der Waals surface area contributed by atoms with E-state index < -0.39 is 0 Å². The Morgan fingerprint density at radius 3 is 2.70 bits per heavy atom. The molecule has 0 amide bonds. The van der Waals surface area contributed by atoms with Crippen molar-refractivity contribution in [2.75, 3.05) is 39.8 Å². The maximum absolute atomic E-state index is 11.1. The van der Waals surface area contributed by atoms with E-state index in [4.69, 9.17) is 12.2 Å². The van der Waals surface area contributed by atoms with Crippen LogP contribution < -0.4 is 10.2 Å². The van der Waals surface area contributed by atoms with Crippen molar-refractivity contribution in [1.82, 2.24) is 10.2 Å². The SMILES string of the molecule is COC(=O)CCCNC(=S)N1CC[NH+](Cc2cccc3ccccc23)CC1. The average molecular weight is 387 g/mol. The number of ether oxygens (including phenoxy) is 1. The smallest absolute Gasteiger partial charge is 0.305 e. The average Bonchev–Trinajstić information content (AvgIpc) is 2.71. The highest BCUT2D eigenvalue weighted by Crippen LogP contribution is 2.17. The lowest BCUT2D eigenvalue weighted by Crippen LogP contribution is -3.13. The Bertz CT molecular complexity index is 783. The van der Waals surface area contributed by atoms with Gasteiger partial charge in [-0.2, -0.15) is 0 Å². The second kappa shape index (κ2) is 9.67. The van der Waals surface area contributed by atoms with Crippen LogP contribution in [0, 0.1) is 0 Å². The number of carbonyl (C=O) groups excluding carboxylic acids is 1. The summed E-state index contributed by atoms with van der Waals surface area (Å²) in [6.07, 6.45) is 1.16. The highest BCUT2D eigenvalue weighted by molar-refractivity contribution is 7.80. The van der Waals surface area contributed by atoms with Crippen LogP contribution in [0.1, 0.15) is 18.4 Å². The fourth-order valence-corrected chi connectivity index (χ4v) is 3.85. The molecule has 144 valence electrons. The molecular weight excluding hydrogens is 358 g/mol. The van der Waals surface area contributed by atoms with Gasteiger partial charge in [-0.3, -0.25) is 4.79 Å². The number of esters is 1. The van der Waals surface area contributed by atoms with Crippen molar-refractivity contribution in [2.45, 2.75) is 19.4 Å². The van der Waals surface area contributed by atoms with E-state index in [1.54, 1.807) is 4.90 Å². The molecule has 1 fully saturated rings. The van der Waals surface area contributed by atoms with Crippen LogP contribution in [-0.4, -0.2) is 55.8 Å². The molecule has 0 radical (unpaired) electrons. The van der Waals surface area contributed by atoms with Crippen LogP contribution in [0.3, 0.4) is 0 Å². The maximum atomic E-state index is 11.1. The van der Waals surface area contributed by atoms with Gasteiger partial charge in [0, 0.05) is 18.5 Å². The fourth-order valence-electron chi connectivity index (χ4n) is 3.56. The fraction of sp³-hybridized carbons (Fsp3) is 0.429. The number of nitrogens with one attached hydrogen (secondary N) is 2. The van der Waals surface area contributed by atoms with Crippen molar-refractivity contribution in [3.63, 3.8) is 0 Å². The van der Waals surface area contributed by atoms with E-state index in [2.05, 4.69) is 57.4 Å². The van der Waals surface area contributed by atoms with Gasteiger partial charge in [0.2, 0.25) is 0 Å². The monoisotopic (exact) mass is 386 g/mol. The predicted octanol–water partition coefficient (Wildman–Crippen LogP) is 1.37. The molecule has 0 aliphatic carbocycles. The second-order valence-corrected chi connectivity index (χ2v) is 7.35. The lowest BCUT2D eigenvalue weighted by Gasteiger charge is -2.34. The number of piperazine rings is 1. The molecule has 1 aliphatic heterocycles. The van der Waals surface area contributed by atoms with Crippen LogP contribution in [0.15, 0.2) is 42.5 Å². The molecule has 1 aliphatic rings. The number of fused-ring (bicyclic) bond motifs is 1. The Balaban J connectivity index is 1.44. The lowest BCUT2D eigenvalue weighted by atomic mass is 10.0. The molecule has 0 unspecified atom stereocenters. The summed E-state index contributed by atoms with van der Waals surface area (Å²) in [6, 6.07) is 15.2. The van der Waals surface area contributed by atoms with Crippen molar-refractivity contribution in [3.8, 4) is 0 Å². The Morgan fingerprint density at radius 1 is 1.19 bits per heavy atom. The Morgan fingerprint density at radius 2 is 1.93 bits per heavy atom. The third-order valence-electron chi connectivity index (χ3n) is 5.14. The van der Waals surface area contributed by atoms with Gasteiger partial charge >= 0.3 is 5.97 Å². The van der Waals surface area contributed by atoms with Gasteiger partial charge in [0.25, 0.3) is 0 Å². The predicted molar refractivity (Wildman–Crippen MR) is 112 cm³/mol. The molecule has 0 aromatic heterocycles. The van der Waals surface area contributed by atoms with E-state index in [-0.39, 0.29) is 5.97 Å². The minimum atomic E-state index is -0.173. The molecule has 0 saturated carbocycles. The first-order valence-corrected chi connectivity index (χ1v) is 9.98. The molecule has 3 rings (SSSR count). The normalized spacial score (nSPS) is 14.9. The first kappa shape index (κ1) is 19.6. The zero-order valence-electron chi connectivity index (χ0n) is 15.9. The van der Waals surface area contributed by atoms with Crippen molar-refractivity contribution in [3.05, 3.63) is 48.0 Å². The third kappa shape index (κ3) is 5.40. The molecule has 6 heteroatoms. The van der Waals surface area contributed by atoms with Gasteiger partial charge in [-0.25, -0.2) is 0 Å². The quantitative estimate of drug-likeness (QED) is 0.446. The standard InChI is InChI=1S/C21H27N3O2S/c1-26-20(25)10-5-11-22-21(27)24-14-12-23(13-15-24)16-18-8-4-7-17-6-2-3-9-19(17)18/h2-4,6-9H,5,10-16H2,1H3,(H,22,27)/p+1. The summed E-state index contributed by atoms with van der Waals surface area (Å²) < 4.78 is 4.65. The molecule has 1 saturated heterocycles. The van der Waals surface area contributed by atoms with Crippen LogP contribution in [0.4, 0.5) is 0 Å². The summed E-state index contributed by atoms with van der Waals surface area (Å²) in [5.74, 6) is -0.173. The Hall–Kier alpha value is -2.18. The van der Waals surface area contributed by atoms with Crippen LogP contribution >= 0.6 is 12.2 Å². The molecule has 0 bridgehead atoms. The Kier molecular flexibility index (Phi) is 7.01. The van der Waals surface area contributed by atoms with Gasteiger partial charge < -0.3 is 19.9 Å². The van der Waals surface area contributed by atoms with Crippen molar-refractivity contribution in [1.29, 1.82) is 0 Å². The first-order chi connectivity index (χ1) is 13.2. The maximum Gasteiger partial charge on any atom is 0.305 e. The number of rotatable bonds is 6. The minimum absolute atomic E-state index is 0.173. The van der Waals surface area contributed by atoms with Crippen molar-refractivity contribution < 1.29 is 14.4 Å². The van der Waals surface area contributed by atoms with Gasteiger partial charge in [0.1, 0.15) is 6.54 Å². The lowest BCUT2D eigenvalue weighted by molar-refractivity contribution is -0.917. The van der Waals surface area contributed by atoms with E-state index in [9.17, 15) is 4.79 Å². The number of benzene rings is 2. The van der Waals surface area contributed by atoms with Gasteiger partial charge in [-0.1, -0.05) is 42.5 Å². The molecule has 2 N–H and O–H groups in total. The summed E-state index contributed by atoms with van der Waals surface area (Å²) >= 11 is 5.50. The number of thiocarbonyl (C=S) groups is 1. The zero-order chi connectivity index (χ0) is 19.1. The second-order valence-electron chi connectivity index (χ2n) is 6.96. The highest BCUT2D eigenvalue weighted by Gasteiger charge is 2.22. The number of hydrogen-bond donors (Lipinski definition) is 2. The van der Waals surface area contributed by atoms with Crippen LogP contribution in [0.25, 0.3) is 10.8 Å². The van der Waals surface area contributed by atoms with E-state index in [0.717, 1.165) is 44.3 Å². The van der Waals surface area contributed by atoms with Crippen molar-refractivity contribution >= 4 is 34.1 Å². The van der Waals surface area contributed by atoms with E-state index in [1.807, 2.05) is 0 Å². The Labute approximate surface area is 166 Å². The molecule has 27 heavy (non-hydrogen) atoms. The first-order valence-electron chi connectivity index (χ1n) is 9.57. The summed E-state index contributed by atoms with van der Waals surface area (Å²) in [6.45, 7) is 5.83. The molecule has 0 atom stereocenters. The van der Waals surface area contributed by atoms with Crippen LogP contribution in [-0.2, 0) is 16.1 Å². The number of quaternary nitrogens is 1. The topological polar surface area (TPSA) is 46.0 Å². The van der Waals surface area contributed by atoms with Gasteiger partial charge in [0.15, 0.2) is 5.11 Å². The summed E-state index contributed by atoms with van der Waals surface area (Å²) in [5, 5.41) is 6.73. The van der Waals surface area contributed by atoms with E-state index in [1.165, 1.54) is 23.4 Å². The zero-order valence-corrected chi connectivity index (χ0v) is 16.7. The number of methoxy groups -OCH3 is 1. The number of hydrogen-bond acceptors (Lipinski definition) is 3. The third-order valence-corrected chi connectivity index (χ3v) is 5.54. The van der Waals surface area contributed by atoms with Gasteiger partial charge in [0.05, 0.1) is 33.3 Å². The highest BCUT2D eigenvalue weighted by atomic mass is 32.1. The molecule has 2 aromatic rings. The van der Waals surface area contributed by atoms with Crippen molar-refractivity contribution in [2.24, 2.45) is 0 Å². The summed E-state index contributed by atoms with van der Waals surface area (Å²) in [7, 11) is 1.42. The van der Waals surface area contributed by atoms with Gasteiger partial charge in [-0.05, 0) is 29.4 Å². The molecule has 1 heterocycles. The van der Waals surface area contributed by atoms with Crippen LogP contribution in [0.2, 0.25) is 0 Å². The molecule has 5 nitrogen and oxygen atoms in total. The van der Waals surface area contributed by atoms with E-state index in [0.29, 0.717) is 13.0 Å². The van der Waals surface area contributed by atoms with Gasteiger partial charge in [-0.15, -0.1) is 0 Å².